The van der Waals surface area contributed by atoms with Crippen LogP contribution < -0.4 is 38.5 Å². The number of nitrogens with zero attached hydrogens (tertiary/aromatic N) is 1. The number of sulfone groups is 1. The highest BCUT2D eigenvalue weighted by molar-refractivity contribution is 9.10. The van der Waals surface area contributed by atoms with E-state index in [9.17, 15) is 13.2 Å². The van der Waals surface area contributed by atoms with Gasteiger partial charge in [-0.3, -0.25) is 4.79 Å². The maximum atomic E-state index is 13.0. The Bertz CT molecular complexity index is 1650. The van der Waals surface area contributed by atoms with E-state index < -0.39 is 21.4 Å². The van der Waals surface area contributed by atoms with Gasteiger partial charge in [0, 0.05) is 35.4 Å². The molecule has 0 aliphatic carbocycles. The number of halogens is 1. The predicted molar refractivity (Wildman–Crippen MR) is 169 cm³/mol. The van der Waals surface area contributed by atoms with Gasteiger partial charge in [0.25, 0.3) is 0 Å². The summed E-state index contributed by atoms with van der Waals surface area (Å²) in [5.41, 5.74) is 0.922. The number of benzene rings is 2. The molecule has 0 bridgehead atoms. The van der Waals surface area contributed by atoms with Crippen LogP contribution >= 0.6 is 15.9 Å². The molecule has 12 nitrogen and oxygen atoms in total. The summed E-state index contributed by atoms with van der Waals surface area (Å²) in [7, 11) is 6.43. The van der Waals surface area contributed by atoms with Crippen molar-refractivity contribution in [2.75, 3.05) is 55.1 Å². The lowest BCUT2D eigenvalue weighted by Gasteiger charge is -2.15. The number of methoxy groups -OCH3 is 7. The van der Waals surface area contributed by atoms with E-state index in [2.05, 4.69) is 26.2 Å². The first-order valence-electron chi connectivity index (χ1n) is 12.8. The summed E-state index contributed by atoms with van der Waals surface area (Å²) in [6.07, 6.45) is 4.03. The van der Waals surface area contributed by atoms with Gasteiger partial charge in [-0.05, 0) is 40.2 Å². The highest BCUT2D eigenvalue weighted by Gasteiger charge is 2.22. The maximum absolute atomic E-state index is 13.0. The van der Waals surface area contributed by atoms with Gasteiger partial charge >= 0.3 is 0 Å². The molecule has 3 aromatic rings. The molecular weight excluding hydrogens is 660 g/mol. The van der Waals surface area contributed by atoms with Crippen molar-refractivity contribution in [3.63, 3.8) is 0 Å². The molecule has 0 aliphatic heterocycles. The molecule has 14 heteroatoms. The fourth-order valence-electron chi connectivity index (χ4n) is 4.04. The molecule has 0 spiro atoms. The summed E-state index contributed by atoms with van der Waals surface area (Å²) in [5, 5.41) is 3.95. The van der Waals surface area contributed by atoms with Gasteiger partial charge in [0.2, 0.25) is 5.75 Å². The molecular formula is C30H33BrN2O10S. The number of allylic oxidation sites excluding steroid dienone is 1. The minimum atomic E-state index is -3.79. The van der Waals surface area contributed by atoms with Crippen molar-refractivity contribution in [1.29, 1.82) is 0 Å². The SMILES string of the molecule is COc1cc(OC)c(/C=C/S(=O)(=O)Cc2ccc(OC)c(N/C=C/C(=O)c3cc(OC)c(OC)c(OC)c3Br)n2)c(OC)c1. The zero-order valence-corrected chi connectivity index (χ0v) is 27.6. The molecule has 1 N–H and O–H groups in total. The quantitative estimate of drug-likeness (QED) is 0.163. The van der Waals surface area contributed by atoms with Crippen molar-refractivity contribution in [3.8, 4) is 40.2 Å². The minimum Gasteiger partial charge on any atom is -0.496 e. The fraction of sp³-hybridized carbons (Fsp3) is 0.267. The summed E-state index contributed by atoms with van der Waals surface area (Å²) in [4.78, 5) is 17.4. The standard InChI is InChI=1S/C30H33BrN2O10S/c1-37-19-14-24(39-3)20(25(15-19)40-4)11-13-44(35,36)17-18-8-9-23(38-2)30(33-18)32-12-10-22(34)21-16-26(41-5)28(42-6)29(43-7)27(21)31/h8-16H,17H2,1-7H3,(H,32,33)/b12-10+,13-11+. The number of carbonyl (C=O) groups excluding carboxylic acids is 1. The lowest BCUT2D eigenvalue weighted by Crippen LogP contribution is -2.06. The normalized spacial score (nSPS) is 11.4. The molecule has 44 heavy (non-hydrogen) atoms. The first-order valence-corrected chi connectivity index (χ1v) is 15.3. The summed E-state index contributed by atoms with van der Waals surface area (Å²) in [5.74, 6) is 1.92. The maximum Gasteiger partial charge on any atom is 0.204 e. The van der Waals surface area contributed by atoms with Crippen LogP contribution in [0, 0.1) is 0 Å². The highest BCUT2D eigenvalue weighted by atomic mass is 79.9. The number of ether oxygens (including phenoxy) is 7. The second-order valence-corrected chi connectivity index (χ2v) is 11.4. The molecule has 1 aromatic heterocycles. The van der Waals surface area contributed by atoms with Gasteiger partial charge in [0.15, 0.2) is 38.7 Å². The third kappa shape index (κ3) is 7.94. The number of hydrogen-bond donors (Lipinski definition) is 1. The van der Waals surface area contributed by atoms with E-state index in [1.807, 2.05) is 0 Å². The number of nitrogens with one attached hydrogen (secondary N) is 1. The van der Waals surface area contributed by atoms with Crippen LogP contribution in [0.4, 0.5) is 5.82 Å². The van der Waals surface area contributed by atoms with Crippen LogP contribution in [0.5, 0.6) is 40.2 Å². The molecule has 0 amide bonds. The second kappa shape index (κ2) is 15.3. The molecule has 0 fully saturated rings. The minimum absolute atomic E-state index is 0.204. The number of pyridine rings is 1. The Morgan fingerprint density at radius 1 is 0.818 bits per heavy atom. The van der Waals surface area contributed by atoms with Crippen LogP contribution in [0.1, 0.15) is 21.6 Å². The first-order chi connectivity index (χ1) is 21.1. The van der Waals surface area contributed by atoms with Crippen molar-refractivity contribution in [3.05, 3.63) is 69.3 Å². The Morgan fingerprint density at radius 3 is 1.98 bits per heavy atom. The highest BCUT2D eigenvalue weighted by Crippen LogP contribution is 2.45. The van der Waals surface area contributed by atoms with Gasteiger partial charge < -0.3 is 38.5 Å². The Hall–Kier alpha value is -4.43. The molecule has 1 heterocycles. The predicted octanol–water partition coefficient (Wildman–Crippen LogP) is 5.30. The van der Waals surface area contributed by atoms with Crippen molar-refractivity contribution in [2.45, 2.75) is 5.75 Å². The lowest BCUT2D eigenvalue weighted by atomic mass is 10.1. The van der Waals surface area contributed by atoms with Crippen LogP contribution in [-0.4, -0.2) is 69.0 Å². The summed E-state index contributed by atoms with van der Waals surface area (Å²) < 4.78 is 63.9. The van der Waals surface area contributed by atoms with Gasteiger partial charge in [0.05, 0.1) is 71.3 Å². The van der Waals surface area contributed by atoms with Gasteiger partial charge in [-0.15, -0.1) is 0 Å². The molecule has 0 radical (unpaired) electrons. The van der Waals surface area contributed by atoms with Crippen molar-refractivity contribution >= 4 is 43.4 Å². The Morgan fingerprint density at radius 2 is 1.43 bits per heavy atom. The molecule has 0 saturated carbocycles. The Balaban J connectivity index is 1.84. The van der Waals surface area contributed by atoms with Crippen molar-refractivity contribution < 1.29 is 46.4 Å². The summed E-state index contributed by atoms with van der Waals surface area (Å²) >= 11 is 3.39. The average molecular weight is 694 g/mol. The van der Waals surface area contributed by atoms with E-state index >= 15 is 0 Å². The third-order valence-corrected chi connectivity index (χ3v) is 8.21. The Kier molecular flexibility index (Phi) is 11.9. The number of carbonyl (C=O) groups is 1. The summed E-state index contributed by atoms with van der Waals surface area (Å²) in [6, 6.07) is 7.87. The molecule has 236 valence electrons. The van der Waals surface area contributed by atoms with Crippen LogP contribution in [0.15, 0.2) is 52.5 Å². The molecule has 2 aromatic carbocycles. The number of hydrogen-bond acceptors (Lipinski definition) is 12. The average Bonchev–Trinajstić information content (AvgIpc) is 3.02. The van der Waals surface area contributed by atoms with Gasteiger partial charge in [-0.2, -0.15) is 0 Å². The number of rotatable bonds is 15. The number of aromatic nitrogens is 1. The van der Waals surface area contributed by atoms with E-state index in [0.717, 1.165) is 5.41 Å². The van der Waals surface area contributed by atoms with Crippen LogP contribution in [0.3, 0.4) is 0 Å². The number of ketones is 1. The monoisotopic (exact) mass is 692 g/mol. The second-order valence-electron chi connectivity index (χ2n) is 8.76. The van der Waals surface area contributed by atoms with Crippen molar-refractivity contribution in [2.24, 2.45) is 0 Å². The third-order valence-electron chi connectivity index (χ3n) is 6.17. The molecule has 3 rings (SSSR count). The largest absolute Gasteiger partial charge is 0.496 e. The van der Waals surface area contributed by atoms with Gasteiger partial charge in [-0.25, -0.2) is 13.4 Å². The van der Waals surface area contributed by atoms with Crippen molar-refractivity contribution in [1.82, 2.24) is 4.98 Å². The topological polar surface area (TPSA) is 141 Å². The van der Waals surface area contributed by atoms with Crippen LogP contribution in [0.25, 0.3) is 6.08 Å². The zero-order chi connectivity index (χ0) is 32.4. The van der Waals surface area contributed by atoms with E-state index in [4.69, 9.17) is 33.2 Å². The molecule has 0 unspecified atom stereocenters. The van der Waals surface area contributed by atoms with Crippen LogP contribution in [0.2, 0.25) is 0 Å². The number of anilines is 1. The molecule has 0 atom stereocenters. The zero-order valence-electron chi connectivity index (χ0n) is 25.2. The van der Waals surface area contributed by atoms with E-state index in [1.165, 1.54) is 80.3 Å². The smallest absolute Gasteiger partial charge is 0.204 e. The van der Waals surface area contributed by atoms with E-state index in [0.29, 0.717) is 50.3 Å². The fourth-order valence-corrected chi connectivity index (χ4v) is 5.71. The molecule has 0 aliphatic rings. The summed E-state index contributed by atoms with van der Waals surface area (Å²) in [6.45, 7) is 0. The first kappa shape index (κ1) is 34.1. The van der Waals surface area contributed by atoms with Gasteiger partial charge in [0.1, 0.15) is 17.2 Å². The molecule has 0 saturated heterocycles. The Labute approximate surface area is 264 Å². The van der Waals surface area contributed by atoms with E-state index in [1.54, 1.807) is 18.2 Å². The van der Waals surface area contributed by atoms with Gasteiger partial charge in [-0.1, -0.05) is 0 Å². The van der Waals surface area contributed by atoms with Crippen LogP contribution in [-0.2, 0) is 15.6 Å². The lowest BCUT2D eigenvalue weighted by molar-refractivity contribution is 0.104. The van der Waals surface area contributed by atoms with E-state index in [-0.39, 0.29) is 17.1 Å².